The fourth-order valence-corrected chi connectivity index (χ4v) is 1.92. The van der Waals surface area contributed by atoms with E-state index in [1.165, 1.54) is 0 Å². The molecule has 18 heavy (non-hydrogen) atoms. The number of carbonyl (C=O) groups is 1. The fourth-order valence-electron chi connectivity index (χ4n) is 1.92. The van der Waals surface area contributed by atoms with E-state index in [9.17, 15) is 18.0 Å². The van der Waals surface area contributed by atoms with Crippen LogP contribution in [0.25, 0.3) is 0 Å². The van der Waals surface area contributed by atoms with Crippen LogP contribution < -0.4 is 5.32 Å². The van der Waals surface area contributed by atoms with Gasteiger partial charge in [0, 0.05) is 19.1 Å². The number of hydrogen-bond acceptors (Lipinski definition) is 3. The molecule has 0 atom stereocenters. The zero-order valence-corrected chi connectivity index (χ0v) is 10.4. The van der Waals surface area contributed by atoms with E-state index in [4.69, 9.17) is 0 Å². The van der Waals surface area contributed by atoms with Gasteiger partial charge in [0.15, 0.2) is 0 Å². The molecule has 7 heteroatoms. The van der Waals surface area contributed by atoms with Crippen LogP contribution in [0, 0.1) is 0 Å². The van der Waals surface area contributed by atoms with E-state index < -0.39 is 12.8 Å². The van der Waals surface area contributed by atoms with Crippen LogP contribution in [0.5, 0.6) is 0 Å². The number of nitrogens with one attached hydrogen (secondary N) is 1. The third kappa shape index (κ3) is 5.68. The van der Waals surface area contributed by atoms with Crippen molar-refractivity contribution in [1.82, 2.24) is 10.2 Å². The number of alkyl halides is 3. The third-order valence-electron chi connectivity index (χ3n) is 2.98. The molecule has 1 saturated heterocycles. The van der Waals surface area contributed by atoms with Gasteiger partial charge in [0.2, 0.25) is 5.91 Å². The molecule has 4 nitrogen and oxygen atoms in total. The van der Waals surface area contributed by atoms with Gasteiger partial charge in [-0.15, -0.1) is 0 Å². The predicted molar refractivity (Wildman–Crippen MR) is 60.2 cm³/mol. The molecule has 1 aliphatic rings. The summed E-state index contributed by atoms with van der Waals surface area (Å²) in [4.78, 5) is 13.3. The molecule has 1 N–H and O–H groups in total. The lowest BCUT2D eigenvalue weighted by molar-refractivity contribution is -0.175. The van der Waals surface area contributed by atoms with Crippen molar-refractivity contribution in [2.24, 2.45) is 0 Å². The van der Waals surface area contributed by atoms with E-state index in [-0.39, 0.29) is 18.9 Å². The normalized spacial score (nSPS) is 18.1. The van der Waals surface area contributed by atoms with Gasteiger partial charge in [-0.2, -0.15) is 13.2 Å². The van der Waals surface area contributed by atoms with Crippen molar-refractivity contribution in [3.05, 3.63) is 0 Å². The van der Waals surface area contributed by atoms with Crippen LogP contribution >= 0.6 is 0 Å². The van der Waals surface area contributed by atoms with Crippen LogP contribution in [-0.2, 0) is 9.53 Å². The average molecular weight is 268 g/mol. The summed E-state index contributed by atoms with van der Waals surface area (Å²) in [6.07, 6.45) is -2.55. The lowest BCUT2D eigenvalue weighted by Gasteiger charge is -2.31. The molecule has 1 rings (SSSR count). The van der Waals surface area contributed by atoms with Crippen molar-refractivity contribution in [2.75, 3.05) is 33.4 Å². The highest BCUT2D eigenvalue weighted by Crippen LogP contribution is 2.15. The minimum absolute atomic E-state index is 0.0142. The first-order valence-corrected chi connectivity index (χ1v) is 6.02. The Morgan fingerprint density at radius 1 is 1.39 bits per heavy atom. The summed E-state index contributed by atoms with van der Waals surface area (Å²) < 4.78 is 39.8. The number of piperidine rings is 1. The SMILES string of the molecule is CNC1CCN(C(=O)CCOCC(F)(F)F)CC1. The molecule has 0 saturated carbocycles. The van der Waals surface area contributed by atoms with Crippen LogP contribution in [0.15, 0.2) is 0 Å². The minimum atomic E-state index is -4.33. The number of carbonyl (C=O) groups excluding carboxylic acids is 1. The molecule has 0 radical (unpaired) electrons. The molecule has 0 spiro atoms. The van der Waals surface area contributed by atoms with Gasteiger partial charge in [0.25, 0.3) is 0 Å². The lowest BCUT2D eigenvalue weighted by Crippen LogP contribution is -2.44. The first kappa shape index (κ1) is 15.2. The van der Waals surface area contributed by atoms with Crippen molar-refractivity contribution in [3.63, 3.8) is 0 Å². The molecule has 0 aromatic heterocycles. The summed E-state index contributed by atoms with van der Waals surface area (Å²) in [6.45, 7) is -0.153. The van der Waals surface area contributed by atoms with Gasteiger partial charge in [-0.3, -0.25) is 4.79 Å². The summed E-state index contributed by atoms with van der Waals surface area (Å²) in [5.41, 5.74) is 0. The van der Waals surface area contributed by atoms with E-state index in [1.807, 2.05) is 7.05 Å². The number of hydrogen-bond donors (Lipinski definition) is 1. The molecule has 106 valence electrons. The summed E-state index contributed by atoms with van der Waals surface area (Å²) >= 11 is 0. The maximum Gasteiger partial charge on any atom is 0.411 e. The quantitative estimate of drug-likeness (QED) is 0.761. The zero-order valence-electron chi connectivity index (χ0n) is 10.4. The highest BCUT2D eigenvalue weighted by molar-refractivity contribution is 5.76. The van der Waals surface area contributed by atoms with E-state index in [1.54, 1.807) is 4.90 Å². The van der Waals surface area contributed by atoms with Crippen molar-refractivity contribution >= 4 is 5.91 Å². The molecule has 1 heterocycles. The standard InChI is InChI=1S/C11H19F3N2O2/c1-15-9-2-5-16(6-3-9)10(17)4-7-18-8-11(12,13)14/h9,15H,2-8H2,1H3. The lowest BCUT2D eigenvalue weighted by atomic mass is 10.1. The maximum atomic E-state index is 11.8. The summed E-state index contributed by atoms with van der Waals surface area (Å²) in [5, 5.41) is 3.14. The summed E-state index contributed by atoms with van der Waals surface area (Å²) in [7, 11) is 1.88. The molecule has 0 aromatic rings. The van der Waals surface area contributed by atoms with Gasteiger partial charge >= 0.3 is 6.18 Å². The van der Waals surface area contributed by atoms with Crippen LogP contribution in [0.1, 0.15) is 19.3 Å². The largest absolute Gasteiger partial charge is 0.411 e. The van der Waals surface area contributed by atoms with Crippen molar-refractivity contribution < 1.29 is 22.7 Å². The zero-order chi connectivity index (χ0) is 13.6. The fraction of sp³-hybridized carbons (Fsp3) is 0.909. The molecule has 0 bridgehead atoms. The number of likely N-dealkylation sites (tertiary alicyclic amines) is 1. The molecule has 1 amide bonds. The summed E-state index contributed by atoms with van der Waals surface area (Å²) in [5.74, 6) is -0.133. The Bertz CT molecular complexity index is 264. The van der Waals surface area contributed by atoms with E-state index in [0.717, 1.165) is 12.8 Å². The topological polar surface area (TPSA) is 41.6 Å². The Morgan fingerprint density at radius 3 is 2.50 bits per heavy atom. The first-order chi connectivity index (χ1) is 8.42. The smallest absolute Gasteiger partial charge is 0.372 e. The van der Waals surface area contributed by atoms with Crippen LogP contribution in [0.2, 0.25) is 0 Å². The Hall–Kier alpha value is -0.820. The van der Waals surface area contributed by atoms with E-state index >= 15 is 0 Å². The molecule has 0 unspecified atom stereocenters. The highest BCUT2D eigenvalue weighted by Gasteiger charge is 2.27. The molecular formula is C11H19F3N2O2. The van der Waals surface area contributed by atoms with Crippen molar-refractivity contribution in [1.29, 1.82) is 0 Å². The highest BCUT2D eigenvalue weighted by atomic mass is 19.4. The molecule has 1 fully saturated rings. The van der Waals surface area contributed by atoms with Gasteiger partial charge in [-0.05, 0) is 19.9 Å². The van der Waals surface area contributed by atoms with E-state index in [2.05, 4.69) is 10.1 Å². The first-order valence-electron chi connectivity index (χ1n) is 6.02. The Morgan fingerprint density at radius 2 is 2.00 bits per heavy atom. The summed E-state index contributed by atoms with van der Waals surface area (Å²) in [6, 6.07) is 0.426. The van der Waals surface area contributed by atoms with Crippen molar-refractivity contribution in [2.45, 2.75) is 31.5 Å². The predicted octanol–water partition coefficient (Wildman–Crippen LogP) is 1.17. The van der Waals surface area contributed by atoms with Gasteiger partial charge in [-0.25, -0.2) is 0 Å². The van der Waals surface area contributed by atoms with Crippen LogP contribution in [-0.4, -0.2) is 56.4 Å². The van der Waals surface area contributed by atoms with Crippen molar-refractivity contribution in [3.8, 4) is 0 Å². The van der Waals surface area contributed by atoms with Crippen LogP contribution in [0.4, 0.5) is 13.2 Å². The monoisotopic (exact) mass is 268 g/mol. The number of halogens is 3. The Kier molecular flexibility index (Phi) is 5.87. The second-order valence-corrected chi connectivity index (χ2v) is 4.36. The Labute approximate surface area is 104 Å². The van der Waals surface area contributed by atoms with Gasteiger partial charge in [0.05, 0.1) is 13.0 Å². The second kappa shape index (κ2) is 6.94. The maximum absolute atomic E-state index is 11.8. The van der Waals surface area contributed by atoms with E-state index in [0.29, 0.717) is 19.1 Å². The minimum Gasteiger partial charge on any atom is -0.372 e. The second-order valence-electron chi connectivity index (χ2n) is 4.36. The average Bonchev–Trinajstić information content (AvgIpc) is 2.33. The van der Waals surface area contributed by atoms with Gasteiger partial charge in [-0.1, -0.05) is 0 Å². The number of amides is 1. The molecule has 0 aromatic carbocycles. The Balaban J connectivity index is 2.14. The van der Waals surface area contributed by atoms with Gasteiger partial charge < -0.3 is 15.0 Å². The molecule has 0 aliphatic carbocycles. The number of rotatable bonds is 5. The van der Waals surface area contributed by atoms with Gasteiger partial charge in [0.1, 0.15) is 6.61 Å². The molecule has 1 aliphatic heterocycles. The van der Waals surface area contributed by atoms with Crippen LogP contribution in [0.3, 0.4) is 0 Å². The third-order valence-corrected chi connectivity index (χ3v) is 2.98. The molecular weight excluding hydrogens is 249 g/mol. The number of ether oxygens (including phenoxy) is 1. The number of nitrogens with zero attached hydrogens (tertiary/aromatic N) is 1.